The van der Waals surface area contributed by atoms with E-state index in [1.165, 1.54) is 11.3 Å². The molecular formula is C13H7Cl2N3S. The summed E-state index contributed by atoms with van der Waals surface area (Å²) in [6.07, 6.45) is 2.22. The first-order chi connectivity index (χ1) is 9.20. The van der Waals surface area contributed by atoms with Crippen LogP contribution in [0.4, 0.5) is 0 Å². The Morgan fingerprint density at radius 3 is 2.89 bits per heavy atom. The fourth-order valence-corrected chi connectivity index (χ4v) is 2.98. The molecule has 0 saturated heterocycles. The van der Waals surface area contributed by atoms with Crippen molar-refractivity contribution in [1.82, 2.24) is 9.38 Å². The first-order valence-corrected chi connectivity index (χ1v) is 7.11. The van der Waals surface area contributed by atoms with Gasteiger partial charge in [0.2, 0.25) is 0 Å². The highest BCUT2D eigenvalue weighted by atomic mass is 35.5. The highest BCUT2D eigenvalue weighted by Gasteiger charge is 2.15. The number of nitriles is 1. The zero-order valence-electron chi connectivity index (χ0n) is 9.60. The molecule has 6 heteroatoms. The van der Waals surface area contributed by atoms with Gasteiger partial charge in [0, 0.05) is 17.1 Å². The second kappa shape index (κ2) is 4.86. The maximum Gasteiger partial charge on any atom is 0.194 e. The monoisotopic (exact) mass is 307 g/mol. The van der Waals surface area contributed by atoms with Gasteiger partial charge in [-0.05, 0) is 12.1 Å². The molecule has 0 aliphatic rings. The fourth-order valence-electron chi connectivity index (χ4n) is 1.95. The van der Waals surface area contributed by atoms with Crippen LogP contribution in [0.25, 0.3) is 16.2 Å². The number of halogens is 2. The summed E-state index contributed by atoms with van der Waals surface area (Å²) in [4.78, 5) is 5.43. The minimum absolute atomic E-state index is 0.299. The molecule has 19 heavy (non-hydrogen) atoms. The average Bonchev–Trinajstić information content (AvgIpc) is 2.96. The highest BCUT2D eigenvalue weighted by Crippen LogP contribution is 2.31. The molecule has 0 radical (unpaired) electrons. The summed E-state index contributed by atoms with van der Waals surface area (Å²) < 4.78 is 1.94. The molecule has 3 rings (SSSR count). The number of thiazole rings is 1. The van der Waals surface area contributed by atoms with Crippen molar-refractivity contribution in [1.29, 1.82) is 5.26 Å². The predicted octanol–water partition coefficient (Wildman–Crippen LogP) is 4.44. The molecule has 0 bridgehead atoms. The number of nitrogens with zero attached hydrogens (tertiary/aromatic N) is 3. The molecule has 94 valence electrons. The van der Waals surface area contributed by atoms with Crippen LogP contribution in [0.3, 0.4) is 0 Å². The van der Waals surface area contributed by atoms with E-state index >= 15 is 0 Å². The zero-order chi connectivity index (χ0) is 13.4. The molecule has 3 nitrogen and oxygen atoms in total. The van der Waals surface area contributed by atoms with Gasteiger partial charge in [0.1, 0.15) is 0 Å². The molecule has 0 amide bonds. The molecule has 0 saturated carbocycles. The lowest BCUT2D eigenvalue weighted by atomic mass is 10.1. The van der Waals surface area contributed by atoms with E-state index in [1.54, 1.807) is 12.1 Å². The second-order valence-corrected chi connectivity index (χ2v) is 5.61. The number of rotatable bonds is 2. The maximum absolute atomic E-state index is 8.97. The molecular weight excluding hydrogens is 301 g/mol. The van der Waals surface area contributed by atoms with Crippen LogP contribution < -0.4 is 0 Å². The van der Waals surface area contributed by atoms with Crippen molar-refractivity contribution < 1.29 is 0 Å². The summed E-state index contributed by atoms with van der Waals surface area (Å²) in [5.74, 6) is 0. The smallest absolute Gasteiger partial charge is 0.194 e. The van der Waals surface area contributed by atoms with Crippen molar-refractivity contribution in [2.24, 2.45) is 0 Å². The van der Waals surface area contributed by atoms with Gasteiger partial charge in [-0.25, -0.2) is 4.98 Å². The van der Waals surface area contributed by atoms with E-state index in [0.717, 1.165) is 21.9 Å². The summed E-state index contributed by atoms with van der Waals surface area (Å²) in [5.41, 5.74) is 2.53. The van der Waals surface area contributed by atoms with Crippen molar-refractivity contribution >= 4 is 39.5 Å². The number of benzene rings is 1. The SMILES string of the molecule is N#CCc1c(-c2ccc(Cl)c(Cl)c2)nc2sccn12. The van der Waals surface area contributed by atoms with Gasteiger partial charge in [-0.15, -0.1) is 11.3 Å². The quantitative estimate of drug-likeness (QED) is 0.702. The second-order valence-electron chi connectivity index (χ2n) is 3.93. The van der Waals surface area contributed by atoms with Crippen LogP contribution >= 0.6 is 34.5 Å². The van der Waals surface area contributed by atoms with E-state index in [2.05, 4.69) is 11.1 Å². The van der Waals surface area contributed by atoms with Gasteiger partial charge in [-0.3, -0.25) is 4.40 Å². The van der Waals surface area contributed by atoms with Gasteiger partial charge < -0.3 is 0 Å². The normalized spacial score (nSPS) is 10.8. The largest absolute Gasteiger partial charge is 0.293 e. The van der Waals surface area contributed by atoms with E-state index in [9.17, 15) is 0 Å². The van der Waals surface area contributed by atoms with E-state index in [1.807, 2.05) is 22.0 Å². The van der Waals surface area contributed by atoms with Gasteiger partial charge in [-0.1, -0.05) is 29.3 Å². The molecule has 0 N–H and O–H groups in total. The number of hydrogen-bond donors (Lipinski definition) is 0. The minimum Gasteiger partial charge on any atom is -0.293 e. The van der Waals surface area contributed by atoms with Crippen molar-refractivity contribution in [3.8, 4) is 17.3 Å². The average molecular weight is 308 g/mol. The van der Waals surface area contributed by atoms with Crippen molar-refractivity contribution in [2.45, 2.75) is 6.42 Å². The lowest BCUT2D eigenvalue weighted by Crippen LogP contribution is -1.91. The Labute approximate surface area is 123 Å². The minimum atomic E-state index is 0.299. The van der Waals surface area contributed by atoms with E-state index < -0.39 is 0 Å². The van der Waals surface area contributed by atoms with Crippen molar-refractivity contribution in [2.75, 3.05) is 0 Å². The van der Waals surface area contributed by atoms with E-state index in [-0.39, 0.29) is 0 Å². The Bertz CT molecular complexity index is 798. The predicted molar refractivity (Wildman–Crippen MR) is 77.8 cm³/mol. The number of fused-ring (bicyclic) bond motifs is 1. The fraction of sp³-hybridized carbons (Fsp3) is 0.0769. The van der Waals surface area contributed by atoms with Crippen LogP contribution in [0.5, 0.6) is 0 Å². The van der Waals surface area contributed by atoms with Gasteiger partial charge in [0.05, 0.1) is 33.9 Å². The number of hydrogen-bond acceptors (Lipinski definition) is 3. The Balaban J connectivity index is 2.23. The van der Waals surface area contributed by atoms with Crippen LogP contribution in [0.15, 0.2) is 29.8 Å². The molecule has 0 unspecified atom stereocenters. The topological polar surface area (TPSA) is 41.1 Å². The Morgan fingerprint density at radius 2 is 2.16 bits per heavy atom. The summed E-state index contributed by atoms with van der Waals surface area (Å²) in [6, 6.07) is 7.55. The lowest BCUT2D eigenvalue weighted by Gasteiger charge is -2.02. The standard InChI is InChI=1S/C13H7Cl2N3S/c14-9-2-1-8(7-10(9)15)12-11(3-4-16)18-5-6-19-13(18)17-12/h1-2,5-7H,3H2. The van der Waals surface area contributed by atoms with Gasteiger partial charge >= 0.3 is 0 Å². The first-order valence-electron chi connectivity index (χ1n) is 5.47. The Hall–Kier alpha value is -1.54. The Kier molecular flexibility index (Phi) is 3.19. The van der Waals surface area contributed by atoms with Crippen molar-refractivity contribution in [3.63, 3.8) is 0 Å². The molecule has 3 aromatic rings. The van der Waals surface area contributed by atoms with Crippen LogP contribution in [0.2, 0.25) is 10.0 Å². The Morgan fingerprint density at radius 1 is 1.32 bits per heavy atom. The van der Waals surface area contributed by atoms with Gasteiger partial charge in [-0.2, -0.15) is 5.26 Å². The van der Waals surface area contributed by atoms with Gasteiger partial charge in [0.25, 0.3) is 0 Å². The highest BCUT2D eigenvalue weighted by molar-refractivity contribution is 7.15. The third kappa shape index (κ3) is 2.10. The molecule has 0 aliphatic carbocycles. The molecule has 0 fully saturated rings. The number of aromatic nitrogens is 2. The van der Waals surface area contributed by atoms with E-state index in [0.29, 0.717) is 16.5 Å². The summed E-state index contributed by atoms with van der Waals surface area (Å²) in [6.45, 7) is 0. The van der Waals surface area contributed by atoms with Crippen LogP contribution in [-0.4, -0.2) is 9.38 Å². The lowest BCUT2D eigenvalue weighted by molar-refractivity contribution is 1.07. The van der Waals surface area contributed by atoms with Crippen LogP contribution in [0.1, 0.15) is 5.69 Å². The molecule has 2 aromatic heterocycles. The van der Waals surface area contributed by atoms with E-state index in [4.69, 9.17) is 28.5 Å². The van der Waals surface area contributed by atoms with Crippen molar-refractivity contribution in [3.05, 3.63) is 45.5 Å². The summed E-state index contributed by atoms with van der Waals surface area (Å²) >= 11 is 13.5. The molecule has 0 spiro atoms. The molecule has 0 aliphatic heterocycles. The number of imidazole rings is 1. The first kappa shape index (κ1) is 12.5. The van der Waals surface area contributed by atoms with Crippen LogP contribution in [0, 0.1) is 11.3 Å². The third-order valence-electron chi connectivity index (χ3n) is 2.80. The molecule has 0 atom stereocenters. The third-order valence-corrected chi connectivity index (χ3v) is 4.30. The van der Waals surface area contributed by atoms with Crippen LogP contribution in [-0.2, 0) is 6.42 Å². The molecule has 1 aromatic carbocycles. The summed E-state index contributed by atoms with van der Waals surface area (Å²) in [7, 11) is 0. The zero-order valence-corrected chi connectivity index (χ0v) is 11.9. The maximum atomic E-state index is 8.97. The molecule has 2 heterocycles. The summed E-state index contributed by atoms with van der Waals surface area (Å²) in [5, 5.41) is 11.9. The van der Waals surface area contributed by atoms with Gasteiger partial charge in [0.15, 0.2) is 4.96 Å².